The fraction of sp³-hybridized carbons (Fsp3) is 0.462. The lowest BCUT2D eigenvalue weighted by molar-refractivity contribution is -0.139. The smallest absolute Gasteiger partial charge is 0.244 e. The van der Waals surface area contributed by atoms with Crippen LogP contribution < -0.4 is 19.1 Å². The van der Waals surface area contributed by atoms with Crippen LogP contribution in [0.3, 0.4) is 0 Å². The van der Waals surface area contributed by atoms with E-state index in [-0.39, 0.29) is 24.1 Å². The topological polar surface area (TPSA) is 105 Å². The van der Waals surface area contributed by atoms with Crippen molar-refractivity contribution in [3.63, 3.8) is 0 Å². The third-order valence-electron chi connectivity index (χ3n) is 5.95. The van der Waals surface area contributed by atoms with Gasteiger partial charge < -0.3 is 19.7 Å². The molecule has 0 spiro atoms. The van der Waals surface area contributed by atoms with Crippen LogP contribution in [0.4, 0.5) is 5.69 Å². The standard InChI is InChI=1S/C26H35N3O6S/c1-18(2)15-27-26(31)20(4)28(16-21-9-7-6-8-19(21)3)25(30)17-29(36(5,32)33)22-10-11-23-24(14-22)35-13-12-34-23/h6-11,14,18,20H,12-13,15-17H2,1-5H3,(H,27,31)/t20-/m1/s1. The number of carbonyl (C=O) groups excluding carboxylic acids is 2. The van der Waals surface area contributed by atoms with E-state index >= 15 is 0 Å². The van der Waals surface area contributed by atoms with Crippen molar-refractivity contribution in [3.05, 3.63) is 53.6 Å². The summed E-state index contributed by atoms with van der Waals surface area (Å²) in [7, 11) is -3.83. The molecule has 2 amide bonds. The van der Waals surface area contributed by atoms with E-state index in [1.807, 2.05) is 45.0 Å². The largest absolute Gasteiger partial charge is 0.486 e. The predicted molar refractivity (Wildman–Crippen MR) is 139 cm³/mol. The summed E-state index contributed by atoms with van der Waals surface area (Å²) in [5.74, 6) is 0.388. The Kier molecular flexibility index (Phi) is 8.84. The van der Waals surface area contributed by atoms with Crippen molar-refractivity contribution in [2.45, 2.75) is 40.3 Å². The highest BCUT2D eigenvalue weighted by atomic mass is 32.2. The molecule has 1 aliphatic heterocycles. The average molecular weight is 518 g/mol. The van der Waals surface area contributed by atoms with Crippen LogP contribution in [0.25, 0.3) is 0 Å². The van der Waals surface area contributed by atoms with Gasteiger partial charge in [-0.25, -0.2) is 8.42 Å². The summed E-state index contributed by atoms with van der Waals surface area (Å²) in [6.07, 6.45) is 1.04. The molecule has 0 fully saturated rings. The summed E-state index contributed by atoms with van der Waals surface area (Å²) >= 11 is 0. The zero-order valence-electron chi connectivity index (χ0n) is 21.5. The zero-order valence-corrected chi connectivity index (χ0v) is 22.3. The molecule has 0 aliphatic carbocycles. The minimum Gasteiger partial charge on any atom is -0.486 e. The van der Waals surface area contributed by atoms with Gasteiger partial charge in [-0.05, 0) is 43.0 Å². The Morgan fingerprint density at radius 1 is 1.03 bits per heavy atom. The third kappa shape index (κ3) is 6.90. The number of hydrogen-bond donors (Lipinski definition) is 1. The molecule has 1 aliphatic rings. The number of carbonyl (C=O) groups is 2. The molecule has 9 nitrogen and oxygen atoms in total. The Balaban J connectivity index is 1.91. The Morgan fingerprint density at radius 2 is 1.69 bits per heavy atom. The van der Waals surface area contributed by atoms with E-state index in [2.05, 4.69) is 5.32 Å². The summed E-state index contributed by atoms with van der Waals surface area (Å²) in [6, 6.07) is 11.5. The lowest BCUT2D eigenvalue weighted by atomic mass is 10.1. The van der Waals surface area contributed by atoms with Gasteiger partial charge in [-0.3, -0.25) is 13.9 Å². The summed E-state index contributed by atoms with van der Waals surface area (Å²) in [6.45, 7) is 8.48. The number of nitrogens with one attached hydrogen (secondary N) is 1. The van der Waals surface area contributed by atoms with Crippen LogP contribution in [0.2, 0.25) is 0 Å². The van der Waals surface area contributed by atoms with Gasteiger partial charge in [0.1, 0.15) is 25.8 Å². The van der Waals surface area contributed by atoms with Crippen LogP contribution in [0.1, 0.15) is 31.9 Å². The van der Waals surface area contributed by atoms with Crippen LogP contribution in [0.15, 0.2) is 42.5 Å². The normalized spacial score (nSPS) is 13.7. The number of benzene rings is 2. The SMILES string of the molecule is Cc1ccccc1CN(C(=O)CN(c1ccc2c(c1)OCCO2)S(C)(=O)=O)[C@H](C)C(=O)NCC(C)C. The van der Waals surface area contributed by atoms with Crippen LogP contribution in [0.5, 0.6) is 11.5 Å². The van der Waals surface area contributed by atoms with E-state index in [0.29, 0.717) is 31.3 Å². The van der Waals surface area contributed by atoms with Crippen LogP contribution in [-0.4, -0.2) is 63.7 Å². The van der Waals surface area contributed by atoms with Gasteiger partial charge in [-0.1, -0.05) is 38.1 Å². The van der Waals surface area contributed by atoms with Crippen molar-refractivity contribution in [1.82, 2.24) is 10.2 Å². The number of rotatable bonds is 10. The lowest BCUT2D eigenvalue weighted by Gasteiger charge is -2.32. The molecule has 1 N–H and O–H groups in total. The molecule has 3 rings (SSSR count). The molecule has 2 aromatic rings. The lowest BCUT2D eigenvalue weighted by Crippen LogP contribution is -2.51. The maximum Gasteiger partial charge on any atom is 0.244 e. The molecule has 0 bridgehead atoms. The van der Waals surface area contributed by atoms with Crippen LogP contribution in [-0.2, 0) is 26.2 Å². The second-order valence-corrected chi connectivity index (χ2v) is 11.3. The van der Waals surface area contributed by atoms with E-state index in [4.69, 9.17) is 9.47 Å². The zero-order chi connectivity index (χ0) is 26.5. The first-order valence-corrected chi connectivity index (χ1v) is 13.8. The van der Waals surface area contributed by atoms with Gasteiger partial charge in [-0.15, -0.1) is 0 Å². The molecule has 2 aromatic carbocycles. The van der Waals surface area contributed by atoms with E-state index in [0.717, 1.165) is 21.7 Å². The maximum absolute atomic E-state index is 13.6. The number of fused-ring (bicyclic) bond motifs is 1. The summed E-state index contributed by atoms with van der Waals surface area (Å²) < 4.78 is 37.7. The fourth-order valence-corrected chi connectivity index (χ4v) is 4.65. The quantitative estimate of drug-likeness (QED) is 0.520. The monoisotopic (exact) mass is 517 g/mol. The van der Waals surface area contributed by atoms with E-state index in [1.165, 1.54) is 4.90 Å². The molecular weight excluding hydrogens is 482 g/mol. The van der Waals surface area contributed by atoms with Gasteiger partial charge in [0.2, 0.25) is 21.8 Å². The van der Waals surface area contributed by atoms with Crippen molar-refractivity contribution in [2.24, 2.45) is 5.92 Å². The summed E-state index contributed by atoms with van der Waals surface area (Å²) in [5.41, 5.74) is 2.12. The number of anilines is 1. The second kappa shape index (κ2) is 11.6. The van der Waals surface area contributed by atoms with E-state index in [1.54, 1.807) is 25.1 Å². The van der Waals surface area contributed by atoms with Crippen molar-refractivity contribution in [2.75, 3.05) is 36.9 Å². The van der Waals surface area contributed by atoms with Crippen molar-refractivity contribution in [1.29, 1.82) is 0 Å². The Morgan fingerprint density at radius 3 is 2.33 bits per heavy atom. The van der Waals surface area contributed by atoms with E-state index in [9.17, 15) is 18.0 Å². The number of aryl methyl sites for hydroxylation is 1. The molecule has 10 heteroatoms. The number of hydrogen-bond acceptors (Lipinski definition) is 6. The Hall–Kier alpha value is -3.27. The third-order valence-corrected chi connectivity index (χ3v) is 7.09. The first kappa shape index (κ1) is 27.3. The molecular formula is C26H35N3O6S. The van der Waals surface area contributed by atoms with Crippen LogP contribution >= 0.6 is 0 Å². The highest BCUT2D eigenvalue weighted by Crippen LogP contribution is 2.34. The molecule has 36 heavy (non-hydrogen) atoms. The molecule has 0 saturated carbocycles. The number of nitrogens with zero attached hydrogens (tertiary/aromatic N) is 2. The van der Waals surface area contributed by atoms with Crippen molar-refractivity contribution >= 4 is 27.5 Å². The summed E-state index contributed by atoms with van der Waals surface area (Å²) in [4.78, 5) is 28.0. The minimum atomic E-state index is -3.83. The second-order valence-electron chi connectivity index (χ2n) is 9.36. The minimum absolute atomic E-state index is 0.167. The molecule has 1 atom stereocenters. The highest BCUT2D eigenvalue weighted by Gasteiger charge is 2.31. The fourth-order valence-electron chi connectivity index (χ4n) is 3.81. The van der Waals surface area contributed by atoms with Gasteiger partial charge >= 0.3 is 0 Å². The van der Waals surface area contributed by atoms with Gasteiger partial charge in [-0.2, -0.15) is 0 Å². The molecule has 0 saturated heterocycles. The van der Waals surface area contributed by atoms with Gasteiger partial charge in [0.15, 0.2) is 11.5 Å². The highest BCUT2D eigenvalue weighted by molar-refractivity contribution is 7.92. The molecule has 0 aromatic heterocycles. The molecule has 196 valence electrons. The Labute approximate surface area is 213 Å². The molecule has 0 unspecified atom stereocenters. The number of amides is 2. The van der Waals surface area contributed by atoms with Crippen molar-refractivity contribution < 1.29 is 27.5 Å². The van der Waals surface area contributed by atoms with Crippen molar-refractivity contribution in [3.8, 4) is 11.5 Å². The maximum atomic E-state index is 13.6. The molecule has 1 heterocycles. The predicted octanol–water partition coefficient (Wildman–Crippen LogP) is 2.72. The number of sulfonamides is 1. The first-order valence-electron chi connectivity index (χ1n) is 12.0. The van der Waals surface area contributed by atoms with Crippen LogP contribution in [0, 0.1) is 12.8 Å². The van der Waals surface area contributed by atoms with Gasteiger partial charge in [0.25, 0.3) is 0 Å². The van der Waals surface area contributed by atoms with E-state index < -0.39 is 28.5 Å². The van der Waals surface area contributed by atoms with Gasteiger partial charge in [0.05, 0.1) is 11.9 Å². The molecule has 0 radical (unpaired) electrons. The number of ether oxygens (including phenoxy) is 2. The summed E-state index contributed by atoms with van der Waals surface area (Å²) in [5, 5.41) is 2.87. The first-order chi connectivity index (χ1) is 17.0. The average Bonchev–Trinajstić information content (AvgIpc) is 2.83. The Bertz CT molecular complexity index is 1200. The van der Waals surface area contributed by atoms with Gasteiger partial charge in [0, 0.05) is 19.2 Å².